The molecule has 1 aliphatic heterocycles. The zero-order valence-electron chi connectivity index (χ0n) is 11.1. The third-order valence-corrected chi connectivity index (χ3v) is 4.11. The topological polar surface area (TPSA) is 74.1 Å². The van der Waals surface area contributed by atoms with E-state index < -0.39 is 9.84 Å². The maximum Gasteiger partial charge on any atom is 0.253 e. The van der Waals surface area contributed by atoms with Crippen molar-refractivity contribution in [2.45, 2.75) is 11.6 Å². The second kappa shape index (κ2) is 4.45. The number of hydrogen-bond acceptors (Lipinski definition) is 5. The first-order valence-electron chi connectivity index (χ1n) is 5.98. The average Bonchev–Trinajstić information content (AvgIpc) is 2.72. The van der Waals surface area contributed by atoms with Crippen LogP contribution in [-0.2, 0) is 16.3 Å². The van der Waals surface area contributed by atoms with Crippen molar-refractivity contribution in [2.24, 2.45) is 0 Å². The van der Waals surface area contributed by atoms with Crippen molar-refractivity contribution in [3.05, 3.63) is 35.2 Å². The van der Waals surface area contributed by atoms with Crippen LogP contribution in [0, 0.1) is 0 Å². The molecule has 6 nitrogen and oxygen atoms in total. The molecule has 0 amide bonds. The van der Waals surface area contributed by atoms with Gasteiger partial charge in [-0.2, -0.15) is 0 Å². The van der Waals surface area contributed by atoms with Crippen LogP contribution >= 0.6 is 0 Å². The minimum atomic E-state index is -3.40. The molecule has 1 aromatic heterocycles. The molecule has 7 heteroatoms. The van der Waals surface area contributed by atoms with E-state index in [1.807, 2.05) is 24.3 Å². The van der Waals surface area contributed by atoms with Gasteiger partial charge in [-0.3, -0.25) is 4.57 Å². The van der Waals surface area contributed by atoms with E-state index in [2.05, 4.69) is 10.2 Å². The highest BCUT2D eigenvalue weighted by Gasteiger charge is 2.21. The van der Waals surface area contributed by atoms with Gasteiger partial charge in [-0.25, -0.2) is 8.42 Å². The van der Waals surface area contributed by atoms with Crippen LogP contribution in [-0.4, -0.2) is 36.5 Å². The molecule has 0 fully saturated rings. The van der Waals surface area contributed by atoms with Gasteiger partial charge in [-0.1, -0.05) is 6.07 Å². The Morgan fingerprint density at radius 3 is 2.80 bits per heavy atom. The Balaban J connectivity index is 2.14. The first-order valence-corrected chi connectivity index (χ1v) is 7.87. The standard InChI is InChI=1S/C13H13N3O3S/c1-19-11-4-3-9-8-12-14-15-13(20(2,17)18)16(12)6-5-10(9)7-11/h3-7H,8H2,1-2H3. The van der Waals surface area contributed by atoms with Gasteiger partial charge < -0.3 is 4.74 Å². The second-order valence-corrected chi connectivity index (χ2v) is 6.51. The van der Waals surface area contributed by atoms with Gasteiger partial charge in [0.25, 0.3) is 5.16 Å². The highest BCUT2D eigenvalue weighted by atomic mass is 32.2. The summed E-state index contributed by atoms with van der Waals surface area (Å²) in [7, 11) is -1.79. The summed E-state index contributed by atoms with van der Waals surface area (Å²) in [6, 6.07) is 5.73. The molecule has 1 aromatic carbocycles. The predicted molar refractivity (Wildman–Crippen MR) is 74.2 cm³/mol. The van der Waals surface area contributed by atoms with E-state index in [1.165, 1.54) is 4.57 Å². The Labute approximate surface area is 116 Å². The van der Waals surface area contributed by atoms with Crippen molar-refractivity contribution < 1.29 is 13.2 Å². The van der Waals surface area contributed by atoms with Gasteiger partial charge in [0, 0.05) is 18.9 Å². The van der Waals surface area contributed by atoms with Crippen LogP contribution in [0.3, 0.4) is 0 Å². The van der Waals surface area contributed by atoms with Crippen molar-refractivity contribution in [3.63, 3.8) is 0 Å². The van der Waals surface area contributed by atoms with Gasteiger partial charge in [0.05, 0.1) is 7.11 Å². The molecule has 2 heterocycles. The number of fused-ring (bicyclic) bond motifs is 2. The molecule has 0 aliphatic carbocycles. The molecule has 0 atom stereocenters. The average molecular weight is 291 g/mol. The van der Waals surface area contributed by atoms with Crippen molar-refractivity contribution >= 4 is 22.1 Å². The van der Waals surface area contributed by atoms with Crippen LogP contribution in [0.25, 0.3) is 12.3 Å². The summed E-state index contributed by atoms with van der Waals surface area (Å²) in [5, 5.41) is 7.70. The zero-order chi connectivity index (χ0) is 14.3. The summed E-state index contributed by atoms with van der Waals surface area (Å²) in [5.41, 5.74) is 2.03. The molecular formula is C13H13N3O3S. The van der Waals surface area contributed by atoms with Crippen LogP contribution in [0.5, 0.6) is 5.75 Å². The Bertz CT molecular complexity index is 806. The van der Waals surface area contributed by atoms with Crippen LogP contribution in [0.1, 0.15) is 17.0 Å². The van der Waals surface area contributed by atoms with E-state index in [0.717, 1.165) is 23.1 Å². The minimum absolute atomic E-state index is 0.0384. The summed E-state index contributed by atoms with van der Waals surface area (Å²) in [6.45, 7) is 0. The molecule has 3 rings (SSSR count). The Morgan fingerprint density at radius 1 is 1.30 bits per heavy atom. The molecule has 0 unspecified atom stereocenters. The maximum atomic E-state index is 11.7. The van der Waals surface area contributed by atoms with Crippen molar-refractivity contribution in [2.75, 3.05) is 13.4 Å². The molecule has 104 valence electrons. The Hall–Kier alpha value is -2.15. The number of rotatable bonds is 2. The van der Waals surface area contributed by atoms with Gasteiger partial charge in [0.1, 0.15) is 11.6 Å². The van der Waals surface area contributed by atoms with Crippen LogP contribution in [0.4, 0.5) is 0 Å². The second-order valence-electron chi connectivity index (χ2n) is 4.60. The molecule has 0 spiro atoms. The third kappa shape index (κ3) is 2.09. The monoisotopic (exact) mass is 291 g/mol. The highest BCUT2D eigenvalue weighted by Crippen LogP contribution is 2.25. The third-order valence-electron chi connectivity index (χ3n) is 3.17. The molecule has 0 bridgehead atoms. The van der Waals surface area contributed by atoms with Crippen LogP contribution in [0.15, 0.2) is 23.4 Å². The van der Waals surface area contributed by atoms with Gasteiger partial charge >= 0.3 is 0 Å². The maximum absolute atomic E-state index is 11.7. The fraction of sp³-hybridized carbons (Fsp3) is 0.231. The number of methoxy groups -OCH3 is 1. The van der Waals surface area contributed by atoms with E-state index in [1.54, 1.807) is 13.3 Å². The number of ether oxygens (including phenoxy) is 1. The lowest BCUT2D eigenvalue weighted by Crippen LogP contribution is -2.06. The Morgan fingerprint density at radius 2 is 2.10 bits per heavy atom. The fourth-order valence-corrected chi connectivity index (χ4v) is 2.88. The fourth-order valence-electron chi connectivity index (χ4n) is 2.17. The molecular weight excluding hydrogens is 278 g/mol. The summed E-state index contributed by atoms with van der Waals surface area (Å²) in [6.07, 6.45) is 5.16. The van der Waals surface area contributed by atoms with Crippen molar-refractivity contribution in [1.29, 1.82) is 0 Å². The molecule has 0 saturated heterocycles. The first-order chi connectivity index (χ1) is 9.49. The van der Waals surface area contributed by atoms with Gasteiger partial charge in [0.2, 0.25) is 9.84 Å². The van der Waals surface area contributed by atoms with Crippen LogP contribution < -0.4 is 4.74 Å². The first kappa shape index (κ1) is 12.9. The summed E-state index contributed by atoms with van der Waals surface area (Å²) >= 11 is 0. The summed E-state index contributed by atoms with van der Waals surface area (Å²) < 4.78 is 30.1. The molecule has 0 N–H and O–H groups in total. The lowest BCUT2D eigenvalue weighted by molar-refractivity contribution is 0.414. The SMILES string of the molecule is COc1ccc2c(c1)C=Cn1c(nnc1S(C)(=O)=O)C2. The lowest BCUT2D eigenvalue weighted by atomic mass is 10.0. The van der Waals surface area contributed by atoms with Crippen LogP contribution in [0.2, 0.25) is 0 Å². The number of hydrogen-bond donors (Lipinski definition) is 0. The van der Waals surface area contributed by atoms with E-state index >= 15 is 0 Å². The van der Waals surface area contributed by atoms with E-state index in [-0.39, 0.29) is 5.16 Å². The minimum Gasteiger partial charge on any atom is -0.497 e. The molecule has 20 heavy (non-hydrogen) atoms. The van der Waals surface area contributed by atoms with Gasteiger partial charge in [-0.15, -0.1) is 10.2 Å². The zero-order valence-corrected chi connectivity index (χ0v) is 11.9. The summed E-state index contributed by atoms with van der Waals surface area (Å²) in [4.78, 5) is 0. The quantitative estimate of drug-likeness (QED) is 0.710. The smallest absolute Gasteiger partial charge is 0.253 e. The number of aromatic nitrogens is 3. The number of sulfone groups is 1. The largest absolute Gasteiger partial charge is 0.497 e. The highest BCUT2D eigenvalue weighted by molar-refractivity contribution is 7.90. The summed E-state index contributed by atoms with van der Waals surface area (Å²) in [5.74, 6) is 1.36. The molecule has 2 aromatic rings. The van der Waals surface area contributed by atoms with Gasteiger partial charge in [-0.05, 0) is 29.3 Å². The normalized spacial score (nSPS) is 13.5. The van der Waals surface area contributed by atoms with E-state index in [9.17, 15) is 8.42 Å². The van der Waals surface area contributed by atoms with E-state index in [4.69, 9.17) is 4.74 Å². The van der Waals surface area contributed by atoms with E-state index in [0.29, 0.717) is 12.2 Å². The van der Waals surface area contributed by atoms with Crippen molar-refractivity contribution in [3.8, 4) is 5.75 Å². The molecule has 0 radical (unpaired) electrons. The lowest BCUT2D eigenvalue weighted by Gasteiger charge is -2.05. The molecule has 0 saturated carbocycles. The predicted octanol–water partition coefficient (Wildman–Crippen LogP) is 1.22. The van der Waals surface area contributed by atoms with Gasteiger partial charge in [0.15, 0.2) is 0 Å². The van der Waals surface area contributed by atoms with Crippen molar-refractivity contribution in [1.82, 2.24) is 14.8 Å². The molecule has 1 aliphatic rings. The Kier molecular flexibility index (Phi) is 2.86. The number of benzene rings is 1. The number of nitrogens with zero attached hydrogens (tertiary/aromatic N) is 3.